The molecule has 1 amide bonds. The highest BCUT2D eigenvalue weighted by Crippen LogP contribution is 2.40. The second-order valence-corrected chi connectivity index (χ2v) is 4.34. The van der Waals surface area contributed by atoms with Gasteiger partial charge in [-0.2, -0.15) is 5.26 Å². The van der Waals surface area contributed by atoms with E-state index in [0.717, 1.165) is 4.47 Å². The Bertz CT molecular complexity index is 575. The molecule has 0 radical (unpaired) electrons. The van der Waals surface area contributed by atoms with Crippen molar-refractivity contribution in [3.8, 4) is 17.6 Å². The Morgan fingerprint density at radius 2 is 2.33 bits per heavy atom. The molecule has 1 aliphatic heterocycles. The number of carbonyl (C=O) groups excluding carboxylic acids is 1. The second kappa shape index (κ2) is 5.10. The van der Waals surface area contributed by atoms with Crippen LogP contribution >= 0.6 is 15.9 Å². The number of benzene rings is 1. The average Bonchev–Trinajstić information content (AvgIpc) is 2.83. The van der Waals surface area contributed by atoms with Crippen molar-refractivity contribution >= 4 is 27.9 Å². The first-order chi connectivity index (χ1) is 8.65. The summed E-state index contributed by atoms with van der Waals surface area (Å²) < 4.78 is 11.2. The van der Waals surface area contributed by atoms with Gasteiger partial charge in [0.1, 0.15) is 11.6 Å². The normalized spacial score (nSPS) is 13.1. The summed E-state index contributed by atoms with van der Waals surface area (Å²) in [5, 5.41) is 11.3. The van der Waals surface area contributed by atoms with Crippen LogP contribution in [0.1, 0.15) is 5.56 Å². The lowest BCUT2D eigenvalue weighted by molar-refractivity contribution is -0.116. The van der Waals surface area contributed by atoms with Crippen molar-refractivity contribution in [2.45, 2.75) is 0 Å². The summed E-state index contributed by atoms with van der Waals surface area (Å²) in [6.07, 6.45) is 1.49. The van der Waals surface area contributed by atoms with Crippen molar-refractivity contribution in [1.82, 2.24) is 5.32 Å². The third kappa shape index (κ3) is 2.31. The maximum absolute atomic E-state index is 11.4. The first-order valence-electron chi connectivity index (χ1n) is 5.08. The van der Waals surface area contributed by atoms with Crippen LogP contribution in [0.5, 0.6) is 11.5 Å². The third-order valence-electron chi connectivity index (χ3n) is 2.35. The lowest BCUT2D eigenvalue weighted by atomic mass is 10.1. The van der Waals surface area contributed by atoms with Gasteiger partial charge in [-0.1, -0.05) is 0 Å². The molecule has 0 unspecified atom stereocenters. The van der Waals surface area contributed by atoms with Crippen molar-refractivity contribution in [3.63, 3.8) is 0 Å². The van der Waals surface area contributed by atoms with Crippen molar-refractivity contribution < 1.29 is 14.3 Å². The quantitative estimate of drug-likeness (QED) is 0.668. The molecule has 5 nitrogen and oxygen atoms in total. The van der Waals surface area contributed by atoms with Crippen LogP contribution in [0.4, 0.5) is 0 Å². The van der Waals surface area contributed by atoms with Crippen molar-refractivity contribution in [2.24, 2.45) is 0 Å². The number of rotatable bonds is 2. The zero-order chi connectivity index (χ0) is 13.1. The Balaban J connectivity index is 2.41. The zero-order valence-corrected chi connectivity index (χ0v) is 11.1. The molecule has 0 spiro atoms. The first kappa shape index (κ1) is 12.5. The monoisotopic (exact) mass is 308 g/mol. The van der Waals surface area contributed by atoms with Gasteiger partial charge in [0.2, 0.25) is 6.79 Å². The molecular formula is C12H9BrN2O3. The summed E-state index contributed by atoms with van der Waals surface area (Å²) in [6, 6.07) is 5.32. The number of carbonyl (C=O) groups is 1. The van der Waals surface area contributed by atoms with Gasteiger partial charge < -0.3 is 14.8 Å². The molecule has 0 aromatic heterocycles. The van der Waals surface area contributed by atoms with E-state index >= 15 is 0 Å². The maximum Gasteiger partial charge on any atom is 0.261 e. The fraction of sp³-hybridized carbons (Fsp3) is 0.167. The lowest BCUT2D eigenvalue weighted by Gasteiger charge is -2.02. The van der Waals surface area contributed by atoms with Gasteiger partial charge >= 0.3 is 0 Å². The van der Waals surface area contributed by atoms with Crippen molar-refractivity contribution in [3.05, 3.63) is 27.7 Å². The van der Waals surface area contributed by atoms with Gasteiger partial charge in [0.25, 0.3) is 5.91 Å². The highest BCUT2D eigenvalue weighted by atomic mass is 79.9. The summed E-state index contributed by atoms with van der Waals surface area (Å²) in [5.41, 5.74) is 0.717. The zero-order valence-electron chi connectivity index (χ0n) is 9.49. The highest BCUT2D eigenvalue weighted by Gasteiger charge is 2.18. The number of amides is 1. The molecular weight excluding hydrogens is 300 g/mol. The van der Waals surface area contributed by atoms with Crippen LogP contribution in [0.15, 0.2) is 22.2 Å². The Hall–Kier alpha value is -2.00. The second-order valence-electron chi connectivity index (χ2n) is 3.49. The number of likely N-dealkylation sites (N-methyl/N-ethyl adjacent to an activating group) is 1. The van der Waals surface area contributed by atoms with E-state index in [4.69, 9.17) is 14.7 Å². The lowest BCUT2D eigenvalue weighted by Crippen LogP contribution is -2.19. The molecule has 0 saturated carbocycles. The van der Waals surface area contributed by atoms with E-state index in [1.54, 1.807) is 12.1 Å². The summed E-state index contributed by atoms with van der Waals surface area (Å²) in [5.74, 6) is 0.793. The number of nitrogens with zero attached hydrogens (tertiary/aromatic N) is 1. The smallest absolute Gasteiger partial charge is 0.261 e. The number of hydrogen-bond donors (Lipinski definition) is 1. The molecule has 0 aliphatic carbocycles. The fourth-order valence-electron chi connectivity index (χ4n) is 1.52. The fourth-order valence-corrected chi connectivity index (χ4v) is 2.09. The van der Waals surface area contributed by atoms with Crippen molar-refractivity contribution in [2.75, 3.05) is 13.8 Å². The topological polar surface area (TPSA) is 71.4 Å². The summed E-state index contributed by atoms with van der Waals surface area (Å²) in [6.45, 7) is 0.168. The van der Waals surface area contributed by atoms with E-state index in [-0.39, 0.29) is 12.4 Å². The van der Waals surface area contributed by atoms with Crippen LogP contribution < -0.4 is 14.8 Å². The van der Waals surface area contributed by atoms with Crippen LogP contribution in [0, 0.1) is 11.3 Å². The van der Waals surface area contributed by atoms with Crippen LogP contribution in [-0.4, -0.2) is 19.7 Å². The van der Waals surface area contributed by atoms with E-state index in [9.17, 15) is 4.79 Å². The van der Waals surface area contributed by atoms with Gasteiger partial charge in [-0.15, -0.1) is 0 Å². The summed E-state index contributed by atoms with van der Waals surface area (Å²) in [4.78, 5) is 11.4. The molecule has 92 valence electrons. The molecule has 0 saturated heterocycles. The molecule has 0 fully saturated rings. The van der Waals surface area contributed by atoms with E-state index in [1.165, 1.54) is 13.1 Å². The number of halogens is 1. The molecule has 1 aliphatic rings. The minimum absolute atomic E-state index is 0.0308. The standard InChI is InChI=1S/C12H9BrN2O3/c1-15-12(16)8(5-14)2-7-3-9(13)11-10(4-7)17-6-18-11/h2-4H,6H2,1H3,(H,15,16)/b8-2+. The maximum atomic E-state index is 11.4. The average molecular weight is 309 g/mol. The minimum Gasteiger partial charge on any atom is -0.454 e. The van der Waals surface area contributed by atoms with E-state index < -0.39 is 5.91 Å². The van der Waals surface area contributed by atoms with Crippen LogP contribution in [0.3, 0.4) is 0 Å². The Kier molecular flexibility index (Phi) is 3.53. The number of nitriles is 1. The highest BCUT2D eigenvalue weighted by molar-refractivity contribution is 9.10. The molecule has 1 N–H and O–H groups in total. The molecule has 0 bridgehead atoms. The Morgan fingerprint density at radius 1 is 1.56 bits per heavy atom. The summed E-state index contributed by atoms with van der Waals surface area (Å²) >= 11 is 3.35. The van der Waals surface area contributed by atoms with Crippen LogP contribution in [0.2, 0.25) is 0 Å². The number of hydrogen-bond acceptors (Lipinski definition) is 4. The van der Waals surface area contributed by atoms with Gasteiger partial charge in [-0.25, -0.2) is 0 Å². The summed E-state index contributed by atoms with van der Waals surface area (Å²) in [7, 11) is 1.48. The number of ether oxygens (including phenoxy) is 2. The Labute approximate surface area is 112 Å². The Morgan fingerprint density at radius 3 is 3.00 bits per heavy atom. The van der Waals surface area contributed by atoms with Gasteiger partial charge in [-0.05, 0) is 39.7 Å². The molecule has 0 atom stereocenters. The molecule has 1 heterocycles. The first-order valence-corrected chi connectivity index (χ1v) is 5.88. The third-order valence-corrected chi connectivity index (χ3v) is 2.94. The van der Waals surface area contributed by atoms with Gasteiger partial charge in [0, 0.05) is 7.05 Å². The van der Waals surface area contributed by atoms with Gasteiger partial charge in [0.05, 0.1) is 4.47 Å². The SMILES string of the molecule is CNC(=O)/C(C#N)=C/c1cc(Br)c2c(c1)OCO2. The predicted molar refractivity (Wildman–Crippen MR) is 67.9 cm³/mol. The number of fused-ring (bicyclic) bond motifs is 1. The van der Waals surface area contributed by atoms with Crippen LogP contribution in [0.25, 0.3) is 6.08 Å². The minimum atomic E-state index is -0.425. The number of nitrogens with one attached hydrogen (secondary N) is 1. The molecule has 1 aromatic carbocycles. The van der Waals surface area contributed by atoms with Crippen molar-refractivity contribution in [1.29, 1.82) is 5.26 Å². The van der Waals surface area contributed by atoms with Crippen LogP contribution in [-0.2, 0) is 4.79 Å². The van der Waals surface area contributed by atoms with E-state index in [2.05, 4.69) is 21.2 Å². The molecule has 6 heteroatoms. The largest absolute Gasteiger partial charge is 0.454 e. The predicted octanol–water partition coefficient (Wildman–Crippen LogP) is 1.83. The van der Waals surface area contributed by atoms with Gasteiger partial charge in [-0.3, -0.25) is 4.79 Å². The molecule has 18 heavy (non-hydrogen) atoms. The molecule has 1 aromatic rings. The van der Waals surface area contributed by atoms with E-state index in [0.29, 0.717) is 17.1 Å². The molecule has 2 rings (SSSR count). The van der Waals surface area contributed by atoms with Gasteiger partial charge in [0.15, 0.2) is 11.5 Å². The van der Waals surface area contributed by atoms with E-state index in [1.807, 2.05) is 6.07 Å².